The number of hydrogen-bond acceptors (Lipinski definition) is 3. The molecule has 2 N–H and O–H groups in total. The molecule has 0 aliphatic heterocycles. The summed E-state index contributed by atoms with van der Waals surface area (Å²) >= 11 is 0. The Balaban J connectivity index is 2.11. The van der Waals surface area contributed by atoms with Crippen LogP contribution in [0.25, 0.3) is 0 Å². The third kappa shape index (κ3) is 1.68. The number of esters is 1. The van der Waals surface area contributed by atoms with Crippen LogP contribution in [0.4, 0.5) is 0 Å². The molecule has 1 aliphatic carbocycles. The summed E-state index contributed by atoms with van der Waals surface area (Å²) in [5, 5.41) is 0. The normalized spacial score (nSPS) is 33.1. The average molecular weight is 129 g/mol. The number of ether oxygens (including phenoxy) is 1. The van der Waals surface area contributed by atoms with E-state index in [4.69, 9.17) is 10.5 Å². The van der Waals surface area contributed by atoms with Gasteiger partial charge in [-0.15, -0.1) is 0 Å². The van der Waals surface area contributed by atoms with Crippen molar-refractivity contribution >= 4 is 5.97 Å². The summed E-state index contributed by atoms with van der Waals surface area (Å²) < 4.78 is 4.84. The molecule has 0 heterocycles. The molecule has 0 saturated heterocycles. The van der Waals surface area contributed by atoms with E-state index >= 15 is 0 Å². The van der Waals surface area contributed by atoms with Gasteiger partial charge in [-0.2, -0.15) is 0 Å². The molecule has 0 spiro atoms. The van der Waals surface area contributed by atoms with E-state index in [0.717, 1.165) is 12.8 Å². The second-order valence-corrected chi connectivity index (χ2v) is 2.46. The van der Waals surface area contributed by atoms with Crippen molar-refractivity contribution in [2.24, 2.45) is 5.73 Å². The molecule has 9 heavy (non-hydrogen) atoms. The highest BCUT2D eigenvalue weighted by atomic mass is 16.5. The zero-order valence-corrected chi connectivity index (χ0v) is 5.46. The highest BCUT2D eigenvalue weighted by Gasteiger charge is 2.27. The van der Waals surface area contributed by atoms with E-state index < -0.39 is 0 Å². The molecule has 0 radical (unpaired) electrons. The Morgan fingerprint density at radius 2 is 2.22 bits per heavy atom. The third-order valence-corrected chi connectivity index (χ3v) is 1.46. The maximum absolute atomic E-state index is 10.3. The Hall–Kier alpha value is -0.570. The largest absolute Gasteiger partial charge is 0.462 e. The molecule has 3 heteroatoms. The fraction of sp³-hybridized carbons (Fsp3) is 0.833. The lowest BCUT2D eigenvalue weighted by Gasteiger charge is -2.31. The topological polar surface area (TPSA) is 52.3 Å². The molecule has 0 amide bonds. The second-order valence-electron chi connectivity index (χ2n) is 2.46. The lowest BCUT2D eigenvalue weighted by molar-refractivity contribution is -0.150. The van der Waals surface area contributed by atoms with E-state index in [1.807, 2.05) is 0 Å². The van der Waals surface area contributed by atoms with Gasteiger partial charge in [-0.1, -0.05) is 0 Å². The Kier molecular flexibility index (Phi) is 1.71. The van der Waals surface area contributed by atoms with Crippen molar-refractivity contribution in [1.82, 2.24) is 0 Å². The molecule has 1 aliphatic rings. The molecule has 52 valence electrons. The summed E-state index contributed by atoms with van der Waals surface area (Å²) in [7, 11) is 0. The van der Waals surface area contributed by atoms with Crippen molar-refractivity contribution in [3.8, 4) is 0 Å². The van der Waals surface area contributed by atoms with Crippen LogP contribution in [0.2, 0.25) is 0 Å². The molecule has 0 aromatic heterocycles. The first kappa shape index (κ1) is 6.55. The van der Waals surface area contributed by atoms with Gasteiger partial charge in [-0.3, -0.25) is 4.79 Å². The lowest BCUT2D eigenvalue weighted by Crippen LogP contribution is -2.42. The Morgan fingerprint density at radius 1 is 1.67 bits per heavy atom. The third-order valence-electron chi connectivity index (χ3n) is 1.46. The predicted molar refractivity (Wildman–Crippen MR) is 32.8 cm³/mol. The van der Waals surface area contributed by atoms with Crippen molar-refractivity contribution in [3.05, 3.63) is 0 Å². The summed E-state index contributed by atoms with van der Waals surface area (Å²) in [4.78, 5) is 10.3. The number of carbonyl (C=O) groups is 1. The van der Waals surface area contributed by atoms with Crippen LogP contribution in [0.1, 0.15) is 19.8 Å². The minimum atomic E-state index is -0.202. The van der Waals surface area contributed by atoms with Gasteiger partial charge < -0.3 is 10.5 Å². The molecule has 1 rings (SSSR count). The summed E-state index contributed by atoms with van der Waals surface area (Å²) in [6, 6.07) is 0.259. The van der Waals surface area contributed by atoms with Gasteiger partial charge >= 0.3 is 5.97 Å². The maximum Gasteiger partial charge on any atom is 0.302 e. The van der Waals surface area contributed by atoms with Gasteiger partial charge in [0.05, 0.1) is 0 Å². The van der Waals surface area contributed by atoms with Crippen molar-refractivity contribution in [2.75, 3.05) is 0 Å². The SMILES string of the molecule is CC(=O)OC1CC(N)C1. The zero-order valence-electron chi connectivity index (χ0n) is 5.46. The smallest absolute Gasteiger partial charge is 0.302 e. The van der Waals surface area contributed by atoms with Gasteiger partial charge in [0.1, 0.15) is 6.10 Å². The van der Waals surface area contributed by atoms with Crippen LogP contribution in [0.3, 0.4) is 0 Å². The van der Waals surface area contributed by atoms with E-state index in [2.05, 4.69) is 0 Å². The van der Waals surface area contributed by atoms with Crippen LogP contribution in [-0.2, 0) is 9.53 Å². The molecule has 1 saturated carbocycles. The fourth-order valence-corrected chi connectivity index (χ4v) is 0.937. The van der Waals surface area contributed by atoms with Crippen molar-refractivity contribution < 1.29 is 9.53 Å². The summed E-state index contributed by atoms with van der Waals surface area (Å²) in [6.07, 6.45) is 1.77. The number of rotatable bonds is 1. The van der Waals surface area contributed by atoms with E-state index in [0.29, 0.717) is 0 Å². The second kappa shape index (κ2) is 2.35. The number of hydrogen-bond donors (Lipinski definition) is 1. The maximum atomic E-state index is 10.3. The molecule has 0 atom stereocenters. The number of carbonyl (C=O) groups excluding carboxylic acids is 1. The van der Waals surface area contributed by atoms with Crippen LogP contribution in [0, 0.1) is 0 Å². The standard InChI is InChI=1S/C6H11NO2/c1-4(8)9-6-2-5(7)3-6/h5-6H,2-3,7H2,1H3. The van der Waals surface area contributed by atoms with Gasteiger partial charge in [-0.25, -0.2) is 0 Å². The van der Waals surface area contributed by atoms with Gasteiger partial charge in [-0.05, 0) is 12.8 Å². The molecule has 0 unspecified atom stereocenters. The van der Waals surface area contributed by atoms with Crippen molar-refractivity contribution in [3.63, 3.8) is 0 Å². The van der Waals surface area contributed by atoms with E-state index in [9.17, 15) is 4.79 Å². The van der Waals surface area contributed by atoms with Gasteiger partial charge in [0.25, 0.3) is 0 Å². The fourth-order valence-electron chi connectivity index (χ4n) is 0.937. The number of nitrogens with two attached hydrogens (primary N) is 1. The molecular formula is C6H11NO2. The molecular weight excluding hydrogens is 118 g/mol. The lowest BCUT2D eigenvalue weighted by atomic mass is 9.90. The molecule has 0 aromatic carbocycles. The summed E-state index contributed by atoms with van der Waals surface area (Å²) in [5.41, 5.74) is 5.45. The summed E-state index contributed by atoms with van der Waals surface area (Å²) in [5.74, 6) is -0.202. The monoisotopic (exact) mass is 129 g/mol. The van der Waals surface area contributed by atoms with Crippen LogP contribution in [0.15, 0.2) is 0 Å². The molecule has 1 fully saturated rings. The van der Waals surface area contributed by atoms with Crippen LogP contribution in [0.5, 0.6) is 0 Å². The first-order chi connectivity index (χ1) is 4.18. The van der Waals surface area contributed by atoms with Gasteiger partial charge in [0.2, 0.25) is 0 Å². The Bertz CT molecular complexity index is 118. The zero-order chi connectivity index (χ0) is 6.85. The van der Waals surface area contributed by atoms with Crippen molar-refractivity contribution in [1.29, 1.82) is 0 Å². The molecule has 0 aromatic rings. The highest BCUT2D eigenvalue weighted by molar-refractivity contribution is 5.66. The molecule has 0 bridgehead atoms. The van der Waals surface area contributed by atoms with Crippen molar-refractivity contribution in [2.45, 2.75) is 31.9 Å². The highest BCUT2D eigenvalue weighted by Crippen LogP contribution is 2.20. The first-order valence-electron chi connectivity index (χ1n) is 3.11. The van der Waals surface area contributed by atoms with Crippen LogP contribution >= 0.6 is 0 Å². The average Bonchev–Trinajstić information content (AvgIpc) is 1.60. The predicted octanol–water partition coefficient (Wildman–Crippen LogP) is 0.0392. The van der Waals surface area contributed by atoms with E-state index in [-0.39, 0.29) is 18.1 Å². The van der Waals surface area contributed by atoms with E-state index in [1.54, 1.807) is 0 Å². The Labute approximate surface area is 54.2 Å². The van der Waals surface area contributed by atoms with Gasteiger partial charge in [0, 0.05) is 13.0 Å². The molecule has 3 nitrogen and oxygen atoms in total. The minimum absolute atomic E-state index is 0.109. The van der Waals surface area contributed by atoms with Crippen LogP contribution in [-0.4, -0.2) is 18.1 Å². The quantitative estimate of drug-likeness (QED) is 0.508. The minimum Gasteiger partial charge on any atom is -0.462 e. The van der Waals surface area contributed by atoms with Gasteiger partial charge in [0.15, 0.2) is 0 Å². The summed E-state index contributed by atoms with van der Waals surface area (Å²) in [6.45, 7) is 1.42. The Morgan fingerprint density at radius 3 is 2.56 bits per heavy atom. The first-order valence-corrected chi connectivity index (χ1v) is 3.11. The van der Waals surface area contributed by atoms with Crippen LogP contribution < -0.4 is 5.73 Å². The van der Waals surface area contributed by atoms with E-state index in [1.165, 1.54) is 6.92 Å².